The van der Waals surface area contributed by atoms with Crippen molar-refractivity contribution in [3.8, 4) is 22.9 Å². The third-order valence-corrected chi connectivity index (χ3v) is 7.30. The molecule has 4 aromatic rings. The van der Waals surface area contributed by atoms with Gasteiger partial charge in [-0.1, -0.05) is 35.9 Å². The molecule has 1 aliphatic heterocycles. The van der Waals surface area contributed by atoms with E-state index < -0.39 is 11.9 Å². The molecule has 9 nitrogen and oxygen atoms in total. The van der Waals surface area contributed by atoms with Crippen LogP contribution >= 0.6 is 11.6 Å². The Morgan fingerprint density at radius 1 is 1.10 bits per heavy atom. The second-order valence-corrected chi connectivity index (χ2v) is 10.8. The van der Waals surface area contributed by atoms with Gasteiger partial charge in [0.05, 0.1) is 24.0 Å². The summed E-state index contributed by atoms with van der Waals surface area (Å²) < 4.78 is 42.5. The van der Waals surface area contributed by atoms with Gasteiger partial charge in [0, 0.05) is 37.4 Å². The summed E-state index contributed by atoms with van der Waals surface area (Å²) in [5.74, 6) is 1.22. The van der Waals surface area contributed by atoms with E-state index in [1.165, 1.54) is 11.6 Å². The molecule has 1 aliphatic carbocycles. The Balaban J connectivity index is 1.34. The molecular weight excluding hydrogens is 545 g/mol. The van der Waals surface area contributed by atoms with Gasteiger partial charge in [-0.05, 0) is 32.3 Å². The smallest absolute Gasteiger partial charge is 0.341 e. The molecular formula is C27H26ClF3N8O. The summed E-state index contributed by atoms with van der Waals surface area (Å²) in [6, 6.07) is 7.28. The Morgan fingerprint density at radius 2 is 1.82 bits per heavy atom. The fourth-order valence-corrected chi connectivity index (χ4v) is 5.20. The first-order valence-electron chi connectivity index (χ1n) is 12.9. The van der Waals surface area contributed by atoms with Crippen molar-refractivity contribution in [3.63, 3.8) is 0 Å². The zero-order valence-corrected chi connectivity index (χ0v) is 22.8. The number of hydrogen-bond acceptors (Lipinski definition) is 6. The predicted molar refractivity (Wildman–Crippen MR) is 144 cm³/mol. The molecule has 6 rings (SSSR count). The van der Waals surface area contributed by atoms with E-state index in [-0.39, 0.29) is 30.4 Å². The SMILES string of the molecule is CC(C)n1ncc(Cl)c1-c1ncc2c(n1)N(Cc1ccc(-c3nc(C(F)(F)F)cn3C)cc1)CC(=O)N2C1CC1. The van der Waals surface area contributed by atoms with Gasteiger partial charge in [0.2, 0.25) is 5.91 Å². The minimum Gasteiger partial charge on any atom is -0.341 e. The second kappa shape index (κ2) is 9.61. The van der Waals surface area contributed by atoms with Crippen molar-refractivity contribution in [3.05, 3.63) is 59.1 Å². The Kier molecular flexibility index (Phi) is 6.32. The molecule has 208 valence electrons. The normalized spacial score (nSPS) is 15.8. The zero-order valence-electron chi connectivity index (χ0n) is 22.0. The molecule has 4 heterocycles. The lowest BCUT2D eigenvalue weighted by Gasteiger charge is -2.36. The van der Waals surface area contributed by atoms with Crippen molar-refractivity contribution in [1.82, 2.24) is 29.3 Å². The van der Waals surface area contributed by atoms with Gasteiger partial charge < -0.3 is 14.4 Å². The maximum absolute atomic E-state index is 13.2. The fourth-order valence-electron chi connectivity index (χ4n) is 4.99. The van der Waals surface area contributed by atoms with Crippen LogP contribution in [-0.4, -0.2) is 47.8 Å². The number of rotatable bonds is 6. The number of carbonyl (C=O) groups is 1. The van der Waals surface area contributed by atoms with E-state index in [1.54, 1.807) is 34.1 Å². The van der Waals surface area contributed by atoms with Gasteiger partial charge in [-0.15, -0.1) is 0 Å². The van der Waals surface area contributed by atoms with Crippen molar-refractivity contribution >= 4 is 29.0 Å². The molecule has 1 amide bonds. The highest BCUT2D eigenvalue weighted by molar-refractivity contribution is 6.32. The van der Waals surface area contributed by atoms with E-state index in [0.29, 0.717) is 40.2 Å². The van der Waals surface area contributed by atoms with E-state index >= 15 is 0 Å². The highest BCUT2D eigenvalue weighted by Gasteiger charge is 2.40. The Labute approximate surface area is 233 Å². The molecule has 0 unspecified atom stereocenters. The maximum Gasteiger partial charge on any atom is 0.434 e. The van der Waals surface area contributed by atoms with Crippen LogP contribution in [0, 0.1) is 0 Å². The maximum atomic E-state index is 13.2. The fraction of sp³-hybridized carbons (Fsp3) is 0.370. The summed E-state index contributed by atoms with van der Waals surface area (Å²) in [4.78, 5) is 30.1. The van der Waals surface area contributed by atoms with Crippen LogP contribution in [0.3, 0.4) is 0 Å². The lowest BCUT2D eigenvalue weighted by molar-refractivity contribution is -0.140. The van der Waals surface area contributed by atoms with Crippen LogP contribution in [-0.2, 0) is 24.6 Å². The van der Waals surface area contributed by atoms with Crippen molar-refractivity contribution in [1.29, 1.82) is 0 Å². The van der Waals surface area contributed by atoms with Crippen LogP contribution in [0.25, 0.3) is 22.9 Å². The first-order valence-corrected chi connectivity index (χ1v) is 13.3. The number of nitrogens with zero attached hydrogens (tertiary/aromatic N) is 8. The number of benzene rings is 1. The first-order chi connectivity index (χ1) is 19.0. The zero-order chi connectivity index (χ0) is 28.3. The van der Waals surface area contributed by atoms with Crippen LogP contribution in [0.5, 0.6) is 0 Å². The van der Waals surface area contributed by atoms with Gasteiger partial charge in [-0.3, -0.25) is 9.48 Å². The summed E-state index contributed by atoms with van der Waals surface area (Å²) in [7, 11) is 1.53. The number of anilines is 2. The van der Waals surface area contributed by atoms with Crippen LogP contribution in [0.2, 0.25) is 5.02 Å². The summed E-state index contributed by atoms with van der Waals surface area (Å²) in [5, 5.41) is 4.80. The molecule has 0 radical (unpaired) electrons. The lowest BCUT2D eigenvalue weighted by atomic mass is 10.1. The Bertz CT molecular complexity index is 1590. The van der Waals surface area contributed by atoms with Crippen LogP contribution in [0.1, 0.15) is 44.0 Å². The van der Waals surface area contributed by atoms with Crippen molar-refractivity contribution in [2.45, 2.75) is 51.5 Å². The number of carbonyl (C=O) groups excluding carboxylic acids is 1. The molecule has 0 N–H and O–H groups in total. The second-order valence-electron chi connectivity index (χ2n) is 10.4. The molecule has 1 fully saturated rings. The highest BCUT2D eigenvalue weighted by Crippen LogP contribution is 2.41. The molecule has 0 spiro atoms. The Hall–Kier alpha value is -3.93. The third kappa shape index (κ3) is 4.70. The first kappa shape index (κ1) is 26.3. The summed E-state index contributed by atoms with van der Waals surface area (Å²) in [5.41, 5.74) is 1.73. The summed E-state index contributed by atoms with van der Waals surface area (Å²) >= 11 is 6.48. The van der Waals surface area contributed by atoms with Crippen molar-refractivity contribution in [2.24, 2.45) is 7.05 Å². The van der Waals surface area contributed by atoms with Gasteiger partial charge >= 0.3 is 6.18 Å². The topological polar surface area (TPSA) is 85.0 Å². The van der Waals surface area contributed by atoms with Gasteiger partial charge in [-0.25, -0.2) is 15.0 Å². The van der Waals surface area contributed by atoms with Crippen molar-refractivity contribution < 1.29 is 18.0 Å². The molecule has 0 atom stereocenters. The quantitative estimate of drug-likeness (QED) is 0.304. The van der Waals surface area contributed by atoms with E-state index in [2.05, 4.69) is 15.1 Å². The number of hydrogen-bond donors (Lipinski definition) is 0. The monoisotopic (exact) mass is 570 g/mol. The predicted octanol–water partition coefficient (Wildman–Crippen LogP) is 5.51. The van der Waals surface area contributed by atoms with Crippen molar-refractivity contribution in [2.75, 3.05) is 16.3 Å². The molecule has 0 bridgehead atoms. The molecule has 40 heavy (non-hydrogen) atoms. The number of amides is 1. The van der Waals surface area contributed by atoms with Crippen LogP contribution < -0.4 is 9.80 Å². The van der Waals surface area contributed by atoms with Gasteiger partial charge in [-0.2, -0.15) is 18.3 Å². The lowest BCUT2D eigenvalue weighted by Crippen LogP contribution is -2.47. The van der Waals surface area contributed by atoms with Gasteiger partial charge in [0.15, 0.2) is 17.3 Å². The largest absolute Gasteiger partial charge is 0.434 e. The molecule has 2 aliphatic rings. The molecule has 1 aromatic carbocycles. The number of aryl methyl sites for hydroxylation is 1. The van der Waals surface area contributed by atoms with E-state index in [1.807, 2.05) is 30.9 Å². The third-order valence-electron chi connectivity index (χ3n) is 7.02. The minimum absolute atomic E-state index is 0.0269. The summed E-state index contributed by atoms with van der Waals surface area (Å²) in [6.45, 7) is 4.47. The van der Waals surface area contributed by atoms with Gasteiger partial charge in [0.1, 0.15) is 17.2 Å². The number of aromatic nitrogens is 6. The van der Waals surface area contributed by atoms with Gasteiger partial charge in [0.25, 0.3) is 0 Å². The van der Waals surface area contributed by atoms with Crippen LogP contribution in [0.4, 0.5) is 24.7 Å². The number of alkyl halides is 3. The standard InChI is InChI=1S/C27H26ClF3N8O/c1-15(2)39-23(19(28)10-33-39)24-32-11-20-26(35-24)37(14-22(40)38(20)18-8-9-18)12-16-4-6-17(7-5-16)25-34-21(13-36(25)3)27(29,30)31/h4-7,10-11,13,15,18H,8-9,12,14H2,1-3H3. The van der Waals surface area contributed by atoms with Crippen LogP contribution in [0.15, 0.2) is 42.9 Å². The molecule has 1 saturated carbocycles. The molecule has 13 heteroatoms. The van der Waals surface area contributed by atoms with E-state index in [4.69, 9.17) is 16.6 Å². The molecule has 0 saturated heterocycles. The van der Waals surface area contributed by atoms with E-state index in [9.17, 15) is 18.0 Å². The average molecular weight is 571 g/mol. The summed E-state index contributed by atoms with van der Waals surface area (Å²) in [6.07, 6.45) is 1.57. The molecule has 3 aromatic heterocycles. The number of halogens is 4. The minimum atomic E-state index is -4.52. The number of fused-ring (bicyclic) bond motifs is 1. The Morgan fingerprint density at radius 3 is 2.45 bits per heavy atom. The number of imidazole rings is 1. The van der Waals surface area contributed by atoms with E-state index in [0.717, 1.165) is 24.6 Å². The highest BCUT2D eigenvalue weighted by atomic mass is 35.5. The average Bonchev–Trinajstić information content (AvgIpc) is 3.53.